The minimum absolute atomic E-state index is 0.00186. The molecule has 2 aromatic rings. The zero-order chi connectivity index (χ0) is 46.2. The second-order valence-corrected chi connectivity index (χ2v) is 19.1. The van der Waals surface area contributed by atoms with Gasteiger partial charge in [0.1, 0.15) is 12.2 Å². The van der Waals surface area contributed by atoms with Gasteiger partial charge in [0.15, 0.2) is 0 Å². The largest absolute Gasteiger partial charge is 0.379 e. The van der Waals surface area contributed by atoms with Crippen molar-refractivity contribution >= 4 is 0 Å². The molecule has 2 aromatic carbocycles. The Morgan fingerprint density at radius 2 is 0.591 bits per heavy atom. The molecule has 0 N–H and O–H groups in total. The monoisotopic (exact) mass is 917 g/mol. The maximum absolute atomic E-state index is 6.31. The molecule has 0 bridgehead atoms. The summed E-state index contributed by atoms with van der Waals surface area (Å²) in [6, 6.07) is 20.9. The predicted octanol–water partition coefficient (Wildman–Crippen LogP) is 16.8. The van der Waals surface area contributed by atoms with E-state index in [2.05, 4.69) is 85.0 Å². The molecule has 66 heavy (non-hydrogen) atoms. The number of hydrogen-bond donors (Lipinski definition) is 0. The molecule has 0 radical (unpaired) electrons. The fraction of sp³-hybridized carbons (Fsp3) is 0.733. The molecule has 6 heteroatoms. The Kier molecular flexibility index (Phi) is 40.8. The van der Waals surface area contributed by atoms with E-state index in [1.54, 1.807) is 0 Å². The Bertz CT molecular complexity index is 1220. The molecule has 1 aliphatic rings. The van der Waals surface area contributed by atoms with Gasteiger partial charge in [-0.05, 0) is 88.2 Å². The van der Waals surface area contributed by atoms with E-state index in [9.17, 15) is 0 Å². The number of allylic oxidation sites excluding steroid dienone is 4. The van der Waals surface area contributed by atoms with Gasteiger partial charge in [0, 0.05) is 26.4 Å². The fourth-order valence-electron chi connectivity index (χ4n) is 8.65. The normalized spacial score (nSPS) is 23.3. The molecule has 0 spiro atoms. The summed E-state index contributed by atoms with van der Waals surface area (Å²) in [6.07, 6.45) is 50.8. The van der Waals surface area contributed by atoms with Crippen LogP contribution in [-0.2, 0) is 41.6 Å². The van der Waals surface area contributed by atoms with E-state index in [0.29, 0.717) is 39.6 Å². The summed E-state index contributed by atoms with van der Waals surface area (Å²) in [7, 11) is 0. The van der Waals surface area contributed by atoms with Crippen molar-refractivity contribution in [3.05, 3.63) is 96.1 Å². The minimum atomic E-state index is 0.00186. The average molecular weight is 917 g/mol. The van der Waals surface area contributed by atoms with Crippen LogP contribution in [0.25, 0.3) is 0 Å². The van der Waals surface area contributed by atoms with E-state index in [0.717, 1.165) is 52.1 Å². The number of hydrogen-bond acceptors (Lipinski definition) is 6. The maximum atomic E-state index is 6.31. The van der Waals surface area contributed by atoms with Gasteiger partial charge < -0.3 is 28.4 Å². The highest BCUT2D eigenvalue weighted by Gasteiger charge is 2.12. The van der Waals surface area contributed by atoms with Gasteiger partial charge in [-0.1, -0.05) is 213 Å². The smallest absolute Gasteiger partial charge is 0.104 e. The van der Waals surface area contributed by atoms with Gasteiger partial charge in [0.25, 0.3) is 0 Å². The Morgan fingerprint density at radius 3 is 0.909 bits per heavy atom. The van der Waals surface area contributed by atoms with Crippen LogP contribution in [0.5, 0.6) is 0 Å². The topological polar surface area (TPSA) is 55.4 Å². The molecular weight excluding hydrogens is 817 g/mol. The molecule has 0 aliphatic carbocycles. The molecule has 0 saturated carbocycles. The summed E-state index contributed by atoms with van der Waals surface area (Å²) in [5, 5.41) is 0. The molecule has 376 valence electrons. The standard InChI is InChI=1S/C60H100O6/c1-2-6-10-14-18-22-26-30-40-48-62-54-60(56-64-52-58-45-37-34-38-46-58)66-50-42-32-28-24-20-16-12-8-4-3-7-11-15-19-23-27-31-41-49-65-59(55-63-51-57-43-35-33-36-44-57)53-61-47-39-29-25-21-17-13-9-5-1/h1-4,33-38,43-46,59-60H,5-32,39-42,47-56H2/b2-1+,4-3+. The SMILES string of the molecule is C1=C/CCCCCCCCCOCC(COCc2ccccc2)OCCCCCCCCC/C=C/CCCCCCCCCOC(COCc2ccccc2)COCCCCCCCCC/1. The van der Waals surface area contributed by atoms with E-state index in [1.807, 2.05) is 0 Å². The zero-order valence-electron chi connectivity index (χ0n) is 42.4. The van der Waals surface area contributed by atoms with Crippen molar-refractivity contribution in [2.75, 3.05) is 52.9 Å². The van der Waals surface area contributed by atoms with Crippen LogP contribution in [0.15, 0.2) is 85.0 Å². The molecular formula is C60H100O6. The number of rotatable bonds is 8. The van der Waals surface area contributed by atoms with Gasteiger partial charge in [-0.15, -0.1) is 0 Å². The Balaban J connectivity index is 1.29. The van der Waals surface area contributed by atoms with Gasteiger partial charge in [-0.25, -0.2) is 0 Å². The van der Waals surface area contributed by atoms with Crippen LogP contribution >= 0.6 is 0 Å². The molecule has 0 fully saturated rings. The van der Waals surface area contributed by atoms with E-state index in [-0.39, 0.29) is 12.2 Å². The van der Waals surface area contributed by atoms with Crippen LogP contribution in [0.3, 0.4) is 0 Å². The molecule has 0 saturated heterocycles. The molecule has 2 atom stereocenters. The molecule has 3 rings (SSSR count). The van der Waals surface area contributed by atoms with Crippen LogP contribution in [0.4, 0.5) is 0 Å². The third kappa shape index (κ3) is 37.6. The zero-order valence-corrected chi connectivity index (χ0v) is 42.4. The summed E-state index contributed by atoms with van der Waals surface area (Å²) in [5.41, 5.74) is 2.41. The quantitative estimate of drug-likeness (QED) is 0.246. The van der Waals surface area contributed by atoms with Crippen molar-refractivity contribution in [2.45, 2.75) is 231 Å². The van der Waals surface area contributed by atoms with Gasteiger partial charge in [-0.2, -0.15) is 0 Å². The first-order valence-electron chi connectivity index (χ1n) is 27.8. The Hall–Kier alpha value is -2.32. The molecule has 0 aromatic heterocycles. The second-order valence-electron chi connectivity index (χ2n) is 19.1. The van der Waals surface area contributed by atoms with Crippen molar-refractivity contribution in [2.24, 2.45) is 0 Å². The van der Waals surface area contributed by atoms with Crippen LogP contribution in [0.1, 0.15) is 217 Å². The van der Waals surface area contributed by atoms with Crippen molar-refractivity contribution in [3.63, 3.8) is 0 Å². The lowest BCUT2D eigenvalue weighted by Gasteiger charge is -2.18. The van der Waals surface area contributed by atoms with Crippen molar-refractivity contribution in [1.29, 1.82) is 0 Å². The van der Waals surface area contributed by atoms with Crippen LogP contribution in [-0.4, -0.2) is 65.1 Å². The average Bonchev–Trinajstić information content (AvgIpc) is 3.34. The Morgan fingerprint density at radius 1 is 0.318 bits per heavy atom. The third-order valence-electron chi connectivity index (χ3n) is 12.8. The summed E-state index contributed by atoms with van der Waals surface area (Å²) in [5.74, 6) is 0. The van der Waals surface area contributed by atoms with Gasteiger partial charge in [0.05, 0.1) is 39.6 Å². The highest BCUT2D eigenvalue weighted by Crippen LogP contribution is 2.15. The minimum Gasteiger partial charge on any atom is -0.379 e. The molecule has 0 amide bonds. The van der Waals surface area contributed by atoms with Crippen LogP contribution in [0.2, 0.25) is 0 Å². The van der Waals surface area contributed by atoms with Gasteiger partial charge >= 0.3 is 0 Å². The number of benzene rings is 2. The summed E-state index contributed by atoms with van der Waals surface area (Å²) >= 11 is 0. The first-order valence-corrected chi connectivity index (χ1v) is 27.8. The van der Waals surface area contributed by atoms with E-state index in [4.69, 9.17) is 28.4 Å². The molecule has 6 nitrogen and oxygen atoms in total. The van der Waals surface area contributed by atoms with Crippen LogP contribution < -0.4 is 0 Å². The lowest BCUT2D eigenvalue weighted by Crippen LogP contribution is -2.26. The van der Waals surface area contributed by atoms with Gasteiger partial charge in [-0.3, -0.25) is 0 Å². The molecule has 2 unspecified atom stereocenters. The highest BCUT2D eigenvalue weighted by atomic mass is 16.6. The Labute approximate surface area is 406 Å². The first-order chi connectivity index (χ1) is 32.9. The summed E-state index contributed by atoms with van der Waals surface area (Å²) in [4.78, 5) is 0. The van der Waals surface area contributed by atoms with Gasteiger partial charge in [0.2, 0.25) is 0 Å². The highest BCUT2D eigenvalue weighted by molar-refractivity contribution is 5.14. The third-order valence-corrected chi connectivity index (χ3v) is 12.8. The predicted molar refractivity (Wildman–Crippen MR) is 279 cm³/mol. The van der Waals surface area contributed by atoms with Crippen molar-refractivity contribution in [1.82, 2.24) is 0 Å². The summed E-state index contributed by atoms with van der Waals surface area (Å²) < 4.78 is 37.0. The summed E-state index contributed by atoms with van der Waals surface area (Å²) in [6.45, 7) is 6.88. The van der Waals surface area contributed by atoms with Crippen molar-refractivity contribution < 1.29 is 28.4 Å². The second kappa shape index (κ2) is 46.4. The lowest BCUT2D eigenvalue weighted by molar-refractivity contribution is -0.0645. The molecule has 1 heterocycles. The first kappa shape index (κ1) is 58.0. The van der Waals surface area contributed by atoms with E-state index < -0.39 is 0 Å². The van der Waals surface area contributed by atoms with E-state index in [1.165, 1.54) is 191 Å². The fourth-order valence-corrected chi connectivity index (χ4v) is 8.65. The van der Waals surface area contributed by atoms with Crippen molar-refractivity contribution in [3.8, 4) is 0 Å². The molecule has 1 aliphatic heterocycles. The maximum Gasteiger partial charge on any atom is 0.104 e. The van der Waals surface area contributed by atoms with Crippen LogP contribution in [0, 0.1) is 0 Å². The number of ether oxygens (including phenoxy) is 6. The lowest BCUT2D eigenvalue weighted by atomic mass is 10.1. The van der Waals surface area contributed by atoms with E-state index >= 15 is 0 Å².